The predicted octanol–water partition coefficient (Wildman–Crippen LogP) is 5.57. The van der Waals surface area contributed by atoms with Gasteiger partial charge < -0.3 is 10.2 Å². The number of piperidine rings is 1. The van der Waals surface area contributed by atoms with Crippen LogP contribution in [0.15, 0.2) is 42.5 Å². The molecule has 1 aliphatic heterocycles. The van der Waals surface area contributed by atoms with E-state index in [4.69, 9.17) is 0 Å². The molecule has 1 aliphatic carbocycles. The molecule has 1 spiro atoms. The summed E-state index contributed by atoms with van der Waals surface area (Å²) in [7, 11) is 0. The minimum atomic E-state index is -0.565. The van der Waals surface area contributed by atoms with Gasteiger partial charge in [-0.25, -0.2) is 4.39 Å². The van der Waals surface area contributed by atoms with Gasteiger partial charge in [-0.15, -0.1) is 0 Å². The minimum Gasteiger partial charge on any atom is -0.339 e. The second-order valence-electron chi connectivity index (χ2n) is 8.82. The van der Waals surface area contributed by atoms with Crippen molar-refractivity contribution in [3.63, 3.8) is 0 Å². The number of hydrogen-bond acceptors (Lipinski definition) is 2. The SMILES string of the molecule is Cc1ccc(C(=O)N2CCC3(CCCCC3)CC2)cc1NC(=O)c1ccccc1F. The molecule has 2 aliphatic rings. The minimum absolute atomic E-state index is 0.00190. The van der Waals surface area contributed by atoms with Gasteiger partial charge in [0.25, 0.3) is 11.8 Å². The summed E-state index contributed by atoms with van der Waals surface area (Å²) in [4.78, 5) is 27.5. The fourth-order valence-electron chi connectivity index (χ4n) is 4.89. The largest absolute Gasteiger partial charge is 0.339 e. The zero-order valence-electron chi connectivity index (χ0n) is 17.5. The molecular formula is C25H29FN2O2. The number of nitrogens with zero attached hydrogens (tertiary/aromatic N) is 1. The molecule has 4 nitrogen and oxygen atoms in total. The summed E-state index contributed by atoms with van der Waals surface area (Å²) in [5.74, 6) is -1.08. The van der Waals surface area contributed by atoms with E-state index >= 15 is 0 Å². The second kappa shape index (κ2) is 8.58. The summed E-state index contributed by atoms with van der Waals surface area (Å²) in [5, 5.41) is 2.76. The Morgan fingerprint density at radius 2 is 1.67 bits per heavy atom. The third-order valence-corrected chi connectivity index (χ3v) is 6.88. The van der Waals surface area contributed by atoms with Crippen LogP contribution in [0.2, 0.25) is 0 Å². The molecule has 2 aromatic carbocycles. The van der Waals surface area contributed by atoms with Crippen molar-refractivity contribution in [2.75, 3.05) is 18.4 Å². The molecule has 2 amide bonds. The van der Waals surface area contributed by atoms with Gasteiger partial charge in [0, 0.05) is 24.3 Å². The van der Waals surface area contributed by atoms with E-state index < -0.39 is 11.7 Å². The standard InChI is InChI=1S/C25H29FN2O2/c1-18-9-10-19(17-22(18)27-23(29)20-7-3-4-8-21(20)26)24(30)28-15-13-25(14-16-28)11-5-2-6-12-25/h3-4,7-10,17H,2,5-6,11-16H2,1H3,(H,27,29). The molecule has 0 aromatic heterocycles. The molecule has 158 valence electrons. The van der Waals surface area contributed by atoms with Crippen LogP contribution < -0.4 is 5.32 Å². The summed E-state index contributed by atoms with van der Waals surface area (Å²) in [6, 6.07) is 11.2. The van der Waals surface area contributed by atoms with Crippen molar-refractivity contribution in [2.45, 2.75) is 51.9 Å². The lowest BCUT2D eigenvalue weighted by Crippen LogP contribution is -2.43. The van der Waals surface area contributed by atoms with E-state index in [1.54, 1.807) is 24.3 Å². The summed E-state index contributed by atoms with van der Waals surface area (Å²) in [6.07, 6.45) is 8.74. The van der Waals surface area contributed by atoms with Crippen LogP contribution in [-0.2, 0) is 0 Å². The molecule has 0 unspecified atom stereocenters. The fraction of sp³-hybridized carbons (Fsp3) is 0.440. The predicted molar refractivity (Wildman–Crippen MR) is 116 cm³/mol. The molecule has 1 N–H and O–H groups in total. The van der Waals surface area contributed by atoms with Crippen LogP contribution >= 0.6 is 0 Å². The number of carbonyl (C=O) groups excluding carboxylic acids is 2. The highest BCUT2D eigenvalue weighted by Gasteiger charge is 2.36. The van der Waals surface area contributed by atoms with Gasteiger partial charge in [0.2, 0.25) is 0 Å². The summed E-state index contributed by atoms with van der Waals surface area (Å²) < 4.78 is 13.9. The first-order chi connectivity index (χ1) is 14.5. The van der Waals surface area contributed by atoms with Crippen LogP contribution in [0.1, 0.15) is 71.2 Å². The molecule has 2 fully saturated rings. The number of carbonyl (C=O) groups is 2. The second-order valence-corrected chi connectivity index (χ2v) is 8.82. The van der Waals surface area contributed by atoms with E-state index in [2.05, 4.69) is 5.32 Å². The highest BCUT2D eigenvalue weighted by atomic mass is 19.1. The molecule has 30 heavy (non-hydrogen) atoms. The Balaban J connectivity index is 1.46. The summed E-state index contributed by atoms with van der Waals surface area (Å²) in [6.45, 7) is 3.45. The molecule has 0 radical (unpaired) electrons. The maximum absolute atomic E-state index is 13.9. The number of rotatable bonds is 3. The van der Waals surface area contributed by atoms with Crippen molar-refractivity contribution in [3.8, 4) is 0 Å². The third kappa shape index (κ3) is 4.25. The van der Waals surface area contributed by atoms with Crippen LogP contribution in [0.25, 0.3) is 0 Å². The first-order valence-corrected chi connectivity index (χ1v) is 10.9. The van der Waals surface area contributed by atoms with Gasteiger partial charge in [-0.05, 0) is 67.9 Å². The Hall–Kier alpha value is -2.69. The normalized spacial score (nSPS) is 18.3. The summed E-state index contributed by atoms with van der Waals surface area (Å²) in [5.41, 5.74) is 2.36. The van der Waals surface area contributed by atoms with E-state index in [1.165, 1.54) is 44.2 Å². The molecule has 2 aromatic rings. The van der Waals surface area contributed by atoms with Crippen LogP contribution in [0.5, 0.6) is 0 Å². The van der Waals surface area contributed by atoms with Crippen LogP contribution in [0.3, 0.4) is 0 Å². The van der Waals surface area contributed by atoms with Gasteiger partial charge in [0.15, 0.2) is 0 Å². The Kier molecular flexibility index (Phi) is 5.89. The Morgan fingerprint density at radius 1 is 0.967 bits per heavy atom. The van der Waals surface area contributed by atoms with Crippen LogP contribution in [-0.4, -0.2) is 29.8 Å². The number of anilines is 1. The maximum Gasteiger partial charge on any atom is 0.258 e. The van der Waals surface area contributed by atoms with Gasteiger partial charge in [-0.1, -0.05) is 37.5 Å². The van der Waals surface area contributed by atoms with Gasteiger partial charge in [0.1, 0.15) is 5.82 Å². The molecule has 1 heterocycles. The van der Waals surface area contributed by atoms with Crippen molar-refractivity contribution in [3.05, 3.63) is 65.0 Å². The van der Waals surface area contributed by atoms with Crippen LogP contribution in [0.4, 0.5) is 10.1 Å². The van der Waals surface area contributed by atoms with Gasteiger partial charge in [-0.3, -0.25) is 9.59 Å². The highest BCUT2D eigenvalue weighted by Crippen LogP contribution is 2.44. The van der Waals surface area contributed by atoms with Crippen molar-refractivity contribution < 1.29 is 14.0 Å². The fourth-order valence-corrected chi connectivity index (χ4v) is 4.89. The lowest BCUT2D eigenvalue weighted by Gasteiger charge is -2.44. The van der Waals surface area contributed by atoms with Crippen molar-refractivity contribution in [2.24, 2.45) is 5.41 Å². The number of nitrogens with one attached hydrogen (secondary N) is 1. The first kappa shape index (κ1) is 20.6. The third-order valence-electron chi connectivity index (χ3n) is 6.88. The maximum atomic E-state index is 13.9. The average Bonchev–Trinajstić information content (AvgIpc) is 2.76. The van der Waals surface area contributed by atoms with Crippen molar-refractivity contribution >= 4 is 17.5 Å². The van der Waals surface area contributed by atoms with Gasteiger partial charge in [0.05, 0.1) is 5.56 Å². The van der Waals surface area contributed by atoms with Crippen molar-refractivity contribution in [1.82, 2.24) is 4.90 Å². The molecule has 0 atom stereocenters. The zero-order chi connectivity index (χ0) is 21.1. The van der Waals surface area contributed by atoms with Crippen molar-refractivity contribution in [1.29, 1.82) is 0 Å². The monoisotopic (exact) mass is 408 g/mol. The number of amides is 2. The lowest BCUT2D eigenvalue weighted by molar-refractivity contribution is 0.0472. The summed E-state index contributed by atoms with van der Waals surface area (Å²) >= 11 is 0. The molecule has 5 heteroatoms. The molecule has 1 saturated carbocycles. The smallest absolute Gasteiger partial charge is 0.258 e. The quantitative estimate of drug-likeness (QED) is 0.721. The van der Waals surface area contributed by atoms with Gasteiger partial charge in [-0.2, -0.15) is 0 Å². The lowest BCUT2D eigenvalue weighted by atomic mass is 9.68. The number of halogens is 1. The van der Waals surface area contributed by atoms with Crippen LogP contribution in [0, 0.1) is 18.2 Å². The Bertz CT molecular complexity index is 940. The molecular weight excluding hydrogens is 379 g/mol. The van der Waals surface area contributed by atoms with Gasteiger partial charge >= 0.3 is 0 Å². The number of benzene rings is 2. The van der Waals surface area contributed by atoms with E-state index in [1.807, 2.05) is 17.9 Å². The van der Waals surface area contributed by atoms with E-state index in [9.17, 15) is 14.0 Å². The number of aryl methyl sites for hydroxylation is 1. The highest BCUT2D eigenvalue weighted by molar-refractivity contribution is 6.05. The number of likely N-dealkylation sites (tertiary alicyclic amines) is 1. The van der Waals surface area contributed by atoms with E-state index in [0.29, 0.717) is 16.7 Å². The molecule has 4 rings (SSSR count). The first-order valence-electron chi connectivity index (χ1n) is 10.9. The zero-order valence-corrected chi connectivity index (χ0v) is 17.5. The topological polar surface area (TPSA) is 49.4 Å². The van der Waals surface area contributed by atoms with E-state index in [0.717, 1.165) is 31.5 Å². The average molecular weight is 409 g/mol. The number of hydrogen-bond donors (Lipinski definition) is 1. The Labute approximate surface area is 177 Å². The molecule has 0 bridgehead atoms. The molecule has 1 saturated heterocycles. The Morgan fingerprint density at radius 3 is 2.37 bits per heavy atom. The van der Waals surface area contributed by atoms with E-state index in [-0.39, 0.29) is 11.5 Å².